The summed E-state index contributed by atoms with van der Waals surface area (Å²) in [6.07, 6.45) is 6.58. The Morgan fingerprint density at radius 2 is 1.06 bits per heavy atom. The van der Waals surface area contributed by atoms with Crippen molar-refractivity contribution in [3.8, 4) is 0 Å². The van der Waals surface area contributed by atoms with Crippen LogP contribution in [0.2, 0.25) is 0 Å². The number of rotatable bonds is 6. The van der Waals surface area contributed by atoms with Crippen LogP contribution < -0.4 is 16.4 Å². The molecular formula is C28H32InN4O2Zr. The third-order valence-electron chi connectivity index (χ3n) is 6.51. The van der Waals surface area contributed by atoms with Crippen molar-refractivity contribution in [2.24, 2.45) is 0 Å². The fourth-order valence-electron chi connectivity index (χ4n) is 4.85. The fraction of sp³-hybridized carbons (Fsp3) is 0.286. The van der Waals surface area contributed by atoms with Crippen molar-refractivity contribution < 1.29 is 35.8 Å². The number of hydrogen-bond donors (Lipinski definition) is 2. The summed E-state index contributed by atoms with van der Waals surface area (Å²) >= 11 is -1.20. The maximum atomic E-state index is 9.46. The molecule has 4 aromatic rings. The summed E-state index contributed by atoms with van der Waals surface area (Å²) < 4.78 is 4.83. The molecule has 2 heterocycles. The number of nitrogens with one attached hydrogen (secondary N) is 2. The largest absolute Gasteiger partial charge is 2.00 e. The molecule has 8 heteroatoms. The smallest absolute Gasteiger partial charge is 0.417 e. The van der Waals surface area contributed by atoms with Crippen molar-refractivity contribution in [1.82, 2.24) is 6.61 Å². The molecule has 183 valence electrons. The minimum atomic E-state index is -1.20. The van der Waals surface area contributed by atoms with Crippen LogP contribution in [-0.2, 0) is 35.8 Å². The first-order valence-corrected chi connectivity index (χ1v) is 15.6. The van der Waals surface area contributed by atoms with Gasteiger partial charge in [-0.25, -0.2) is 0 Å². The van der Waals surface area contributed by atoms with E-state index < -0.39 is 23.5 Å². The van der Waals surface area contributed by atoms with E-state index in [1.165, 1.54) is 84.8 Å². The molecule has 0 unspecified atom stereocenters. The fourth-order valence-corrected chi connectivity index (χ4v) is 5.51. The Bertz CT molecular complexity index is 1120. The molecular weight excluding hydrogens is 630 g/mol. The van der Waals surface area contributed by atoms with Gasteiger partial charge >= 0.3 is 78.7 Å². The number of carbonyl (C=O) groups is 2. The summed E-state index contributed by atoms with van der Waals surface area (Å²) in [7, 11) is 0. The molecule has 4 aromatic carbocycles. The Morgan fingerprint density at radius 1 is 0.667 bits per heavy atom. The maximum Gasteiger partial charge on any atom is 2.00 e. The van der Waals surface area contributed by atoms with Gasteiger partial charge in [0.2, 0.25) is 0 Å². The van der Waals surface area contributed by atoms with E-state index in [0.29, 0.717) is 12.8 Å². The topological polar surface area (TPSA) is 64.7 Å². The van der Waals surface area contributed by atoms with Gasteiger partial charge in [-0.3, -0.25) is 0 Å². The van der Waals surface area contributed by atoms with Gasteiger partial charge in [0, 0.05) is 26.2 Å². The third-order valence-corrected chi connectivity index (χ3v) is 8.24. The van der Waals surface area contributed by atoms with E-state index in [0.717, 1.165) is 0 Å². The summed E-state index contributed by atoms with van der Waals surface area (Å²) in [6.45, 7) is 4.92. The number of hydrogen-bond acceptors (Lipinski definition) is 4. The summed E-state index contributed by atoms with van der Waals surface area (Å²) in [5, 5.41) is 5.56. The Hall–Kier alpha value is -2.05. The number of anilines is 2. The van der Waals surface area contributed by atoms with Gasteiger partial charge in [0.15, 0.2) is 0 Å². The molecule has 0 bridgehead atoms. The molecule has 0 spiro atoms. The number of amides is 2. The standard InChI is InChI=1S/2C13H14N.2CH3NO.In.Zr/c2*1-2-6-12-11(5-1)7-8-13(12)14-9-3-4-10-14;2*2-1-3;;/h2*1-2,5-8H,3-4,9-10H2;2*1H,(H2,2,3);;/q2*-1;;;2*+2/p-2. The monoisotopic (exact) mass is 661 g/mol. The predicted octanol–water partition coefficient (Wildman–Crippen LogP) is 4.33. The molecule has 1 radical (unpaired) electrons. The molecule has 0 saturated carbocycles. The van der Waals surface area contributed by atoms with Crippen LogP contribution in [0.5, 0.6) is 0 Å². The van der Waals surface area contributed by atoms with Crippen molar-refractivity contribution in [2.45, 2.75) is 25.7 Å². The SMILES string of the molecule is O=C[NH][In][NH]C=O.[Zr+2].c1ccc2c(N3CCCC3)c[cH-]c2c1.c1ccc2c(N3CCCC3)c[cH-]c2c1. The zero-order valence-electron chi connectivity index (χ0n) is 20.5. The Morgan fingerprint density at radius 3 is 1.44 bits per heavy atom. The van der Waals surface area contributed by atoms with E-state index in [4.69, 9.17) is 0 Å². The molecule has 6 nitrogen and oxygen atoms in total. The van der Waals surface area contributed by atoms with Crippen LogP contribution >= 0.6 is 0 Å². The van der Waals surface area contributed by atoms with E-state index >= 15 is 0 Å². The van der Waals surface area contributed by atoms with Gasteiger partial charge in [-0.1, -0.05) is 23.5 Å². The zero-order valence-corrected chi connectivity index (χ0v) is 26.3. The number of benzene rings is 2. The second kappa shape index (κ2) is 15.3. The van der Waals surface area contributed by atoms with Crippen LogP contribution in [0.3, 0.4) is 0 Å². The van der Waals surface area contributed by atoms with Gasteiger partial charge in [0.05, 0.1) is 0 Å². The Labute approximate surface area is 244 Å². The van der Waals surface area contributed by atoms with Crippen LogP contribution in [0.1, 0.15) is 25.7 Å². The first-order chi connectivity index (χ1) is 17.3. The van der Waals surface area contributed by atoms with E-state index in [2.05, 4.69) is 89.2 Å². The minimum Gasteiger partial charge on any atom is -0.417 e. The van der Waals surface area contributed by atoms with Crippen molar-refractivity contribution in [1.29, 1.82) is 0 Å². The van der Waals surface area contributed by atoms with Gasteiger partial charge in [-0.05, 0) is 25.7 Å². The molecule has 2 fully saturated rings. The molecule has 2 aliphatic heterocycles. The van der Waals surface area contributed by atoms with E-state index in [1.54, 1.807) is 0 Å². The summed E-state index contributed by atoms with van der Waals surface area (Å²) in [5.41, 5.74) is 2.86. The van der Waals surface area contributed by atoms with Crippen LogP contribution in [-0.4, -0.2) is 62.5 Å². The second-order valence-corrected chi connectivity index (χ2v) is 11.4. The van der Waals surface area contributed by atoms with Gasteiger partial charge in [0.1, 0.15) is 0 Å². The third kappa shape index (κ3) is 7.49. The van der Waals surface area contributed by atoms with Crippen LogP contribution in [0.4, 0.5) is 11.4 Å². The van der Waals surface area contributed by atoms with Gasteiger partial charge in [0.25, 0.3) is 0 Å². The van der Waals surface area contributed by atoms with Crippen molar-refractivity contribution in [3.63, 3.8) is 0 Å². The Balaban J connectivity index is 0.000000158. The molecule has 0 aliphatic carbocycles. The molecule has 2 aliphatic rings. The molecule has 6 rings (SSSR count). The first kappa shape index (κ1) is 28.5. The Kier molecular flexibility index (Phi) is 12.1. The zero-order chi connectivity index (χ0) is 24.3. The molecule has 36 heavy (non-hydrogen) atoms. The second-order valence-electron chi connectivity index (χ2n) is 8.71. The van der Waals surface area contributed by atoms with Crippen LogP contribution in [0, 0.1) is 0 Å². The molecule has 2 saturated heterocycles. The summed E-state index contributed by atoms with van der Waals surface area (Å²) in [4.78, 5) is 23.9. The quantitative estimate of drug-likeness (QED) is 0.184. The van der Waals surface area contributed by atoms with Gasteiger partial charge < -0.3 is 9.80 Å². The molecule has 2 N–H and O–H groups in total. The normalized spacial score (nSPS) is 14.2. The van der Waals surface area contributed by atoms with E-state index in [1.807, 2.05) is 0 Å². The minimum absolute atomic E-state index is 0. The maximum absolute atomic E-state index is 9.46. The van der Waals surface area contributed by atoms with Crippen LogP contribution in [0.25, 0.3) is 21.5 Å². The molecule has 0 atom stereocenters. The van der Waals surface area contributed by atoms with E-state index in [9.17, 15) is 9.59 Å². The first-order valence-electron chi connectivity index (χ1n) is 12.3. The number of fused-ring (bicyclic) bond motifs is 2. The summed E-state index contributed by atoms with van der Waals surface area (Å²) in [5.74, 6) is 0. The van der Waals surface area contributed by atoms with E-state index in [-0.39, 0.29) is 26.2 Å². The van der Waals surface area contributed by atoms with Crippen molar-refractivity contribution in [3.05, 3.63) is 72.8 Å². The number of carbonyl (C=O) groups excluding carboxylic acids is 2. The van der Waals surface area contributed by atoms with Crippen molar-refractivity contribution >= 4 is 69.2 Å². The average molecular weight is 663 g/mol. The molecule has 2 amide bonds. The molecule has 0 aromatic heterocycles. The average Bonchev–Trinajstić information content (AvgIpc) is 3.70. The predicted molar refractivity (Wildman–Crippen MR) is 146 cm³/mol. The van der Waals surface area contributed by atoms with Gasteiger partial charge in [-0.2, -0.15) is 0 Å². The number of nitrogens with zero attached hydrogens (tertiary/aromatic N) is 2. The summed E-state index contributed by atoms with van der Waals surface area (Å²) in [6, 6.07) is 26.3. The van der Waals surface area contributed by atoms with Crippen LogP contribution in [0.15, 0.2) is 72.8 Å². The van der Waals surface area contributed by atoms with Crippen molar-refractivity contribution in [2.75, 3.05) is 36.0 Å². The van der Waals surface area contributed by atoms with Gasteiger partial charge in [-0.15, -0.1) is 82.2 Å².